The van der Waals surface area contributed by atoms with Gasteiger partial charge in [-0.05, 0) is 23.6 Å². The third-order valence-corrected chi connectivity index (χ3v) is 5.29. The normalized spacial score (nSPS) is 12.8. The molecule has 0 aliphatic heterocycles. The predicted octanol–water partition coefficient (Wildman–Crippen LogP) is 2.02. The summed E-state index contributed by atoms with van der Waals surface area (Å²) in [6.45, 7) is -0.0266. The fourth-order valence-corrected chi connectivity index (χ4v) is 3.58. The lowest BCUT2D eigenvalue weighted by atomic mass is 9.94. The van der Waals surface area contributed by atoms with Gasteiger partial charge in [0.25, 0.3) is 0 Å². The van der Waals surface area contributed by atoms with Gasteiger partial charge in [-0.3, -0.25) is 9.59 Å². The average Bonchev–Trinajstić information content (AvgIpc) is 3.44. The van der Waals surface area contributed by atoms with Gasteiger partial charge in [0.2, 0.25) is 0 Å². The van der Waals surface area contributed by atoms with Crippen molar-refractivity contribution in [2.24, 2.45) is 0 Å². The van der Waals surface area contributed by atoms with Crippen LogP contribution in [0.25, 0.3) is 0 Å². The van der Waals surface area contributed by atoms with Crippen LogP contribution in [0.15, 0.2) is 64.8 Å². The van der Waals surface area contributed by atoms with E-state index < -0.39 is 17.4 Å². The number of furan rings is 1. The molecule has 1 aromatic carbocycles. The molecule has 0 spiro atoms. The second-order valence-electron chi connectivity index (χ2n) is 6.03. The van der Waals surface area contributed by atoms with E-state index in [1.165, 1.54) is 31.0 Å². The van der Waals surface area contributed by atoms with Gasteiger partial charge in [-0.1, -0.05) is 24.3 Å². The Morgan fingerprint density at radius 1 is 1.14 bits per heavy atom. The van der Waals surface area contributed by atoms with Crippen LogP contribution in [0.5, 0.6) is 5.75 Å². The number of hydrogen-bond acceptors (Lipinski definition) is 6. The number of nitrogens with one attached hydrogen (secondary N) is 2. The zero-order chi connectivity index (χ0) is 20.0. The van der Waals surface area contributed by atoms with E-state index in [9.17, 15) is 14.7 Å². The standard InChI is InChI=1S/C20H20N2O5S/c1-26-16-6-3-2-5-14(16)11-21-18(23)19(24)22-13-20(25,15-8-9-27-12-15)17-7-4-10-28-17/h2-10,12,25H,11,13H2,1H3,(H,21,23)(H,22,24). The summed E-state index contributed by atoms with van der Waals surface area (Å²) in [5.41, 5.74) is -0.246. The molecule has 28 heavy (non-hydrogen) atoms. The van der Waals surface area contributed by atoms with Crippen LogP contribution in [0.4, 0.5) is 0 Å². The second-order valence-corrected chi connectivity index (χ2v) is 6.97. The second kappa shape index (κ2) is 8.73. The third-order valence-electron chi connectivity index (χ3n) is 4.27. The van der Waals surface area contributed by atoms with E-state index >= 15 is 0 Å². The number of thiophene rings is 1. The first-order chi connectivity index (χ1) is 13.5. The minimum Gasteiger partial charge on any atom is -0.496 e. The largest absolute Gasteiger partial charge is 0.496 e. The molecule has 2 heterocycles. The first-order valence-corrected chi connectivity index (χ1v) is 9.39. The molecule has 3 N–H and O–H groups in total. The summed E-state index contributed by atoms with van der Waals surface area (Å²) >= 11 is 1.34. The summed E-state index contributed by atoms with van der Waals surface area (Å²) in [6, 6.07) is 12.4. The Hall–Kier alpha value is -3.10. The molecule has 0 aliphatic carbocycles. The molecule has 146 valence electrons. The van der Waals surface area contributed by atoms with E-state index in [-0.39, 0.29) is 13.1 Å². The number of aliphatic hydroxyl groups is 1. The van der Waals surface area contributed by atoms with Gasteiger partial charge in [-0.25, -0.2) is 0 Å². The van der Waals surface area contributed by atoms with Gasteiger partial charge in [0.1, 0.15) is 11.4 Å². The quantitative estimate of drug-likeness (QED) is 0.527. The zero-order valence-corrected chi connectivity index (χ0v) is 16.0. The van der Waals surface area contributed by atoms with Crippen molar-refractivity contribution in [3.63, 3.8) is 0 Å². The molecular weight excluding hydrogens is 380 g/mol. The van der Waals surface area contributed by atoms with Crippen molar-refractivity contribution in [1.82, 2.24) is 10.6 Å². The zero-order valence-electron chi connectivity index (χ0n) is 15.2. The molecule has 0 saturated carbocycles. The van der Waals surface area contributed by atoms with Gasteiger partial charge in [0.15, 0.2) is 0 Å². The molecule has 2 amide bonds. The Kier molecular flexibility index (Phi) is 6.13. The van der Waals surface area contributed by atoms with Crippen molar-refractivity contribution in [2.45, 2.75) is 12.1 Å². The molecule has 0 bridgehead atoms. The van der Waals surface area contributed by atoms with E-state index in [4.69, 9.17) is 9.15 Å². The highest BCUT2D eigenvalue weighted by atomic mass is 32.1. The molecule has 0 saturated heterocycles. The molecule has 1 atom stereocenters. The van der Waals surface area contributed by atoms with Crippen LogP contribution in [-0.2, 0) is 21.7 Å². The lowest BCUT2D eigenvalue weighted by Gasteiger charge is -2.26. The molecule has 0 aliphatic rings. The highest BCUT2D eigenvalue weighted by Crippen LogP contribution is 2.32. The number of amides is 2. The number of rotatable bonds is 7. The Bertz CT molecular complexity index is 888. The van der Waals surface area contributed by atoms with E-state index in [0.717, 1.165) is 5.56 Å². The van der Waals surface area contributed by atoms with Crippen molar-refractivity contribution in [1.29, 1.82) is 0 Å². The highest BCUT2D eigenvalue weighted by molar-refractivity contribution is 7.10. The van der Waals surface area contributed by atoms with Crippen LogP contribution in [0, 0.1) is 0 Å². The van der Waals surface area contributed by atoms with Crippen LogP contribution >= 0.6 is 11.3 Å². The van der Waals surface area contributed by atoms with E-state index in [1.54, 1.807) is 30.3 Å². The topological polar surface area (TPSA) is 101 Å². The average molecular weight is 400 g/mol. The van der Waals surface area contributed by atoms with Crippen molar-refractivity contribution in [2.75, 3.05) is 13.7 Å². The Morgan fingerprint density at radius 3 is 2.61 bits per heavy atom. The first-order valence-electron chi connectivity index (χ1n) is 8.51. The smallest absolute Gasteiger partial charge is 0.309 e. The number of benzene rings is 1. The highest BCUT2D eigenvalue weighted by Gasteiger charge is 2.34. The molecule has 3 aromatic rings. The van der Waals surface area contributed by atoms with Crippen LogP contribution in [0.2, 0.25) is 0 Å². The number of carbonyl (C=O) groups excluding carboxylic acids is 2. The number of para-hydroxylation sites is 1. The van der Waals surface area contributed by atoms with Crippen molar-refractivity contribution in [3.05, 3.63) is 76.4 Å². The minimum absolute atomic E-state index is 0.146. The maximum absolute atomic E-state index is 12.2. The monoisotopic (exact) mass is 400 g/mol. The molecule has 7 nitrogen and oxygen atoms in total. The summed E-state index contributed by atoms with van der Waals surface area (Å²) < 4.78 is 10.3. The summed E-state index contributed by atoms with van der Waals surface area (Å²) in [4.78, 5) is 25.0. The first kappa shape index (κ1) is 19.7. The summed E-state index contributed by atoms with van der Waals surface area (Å²) in [6.07, 6.45) is 2.85. The van der Waals surface area contributed by atoms with Gasteiger partial charge >= 0.3 is 11.8 Å². The van der Waals surface area contributed by atoms with Crippen molar-refractivity contribution >= 4 is 23.2 Å². The molecule has 3 rings (SSSR count). The van der Waals surface area contributed by atoms with E-state index in [0.29, 0.717) is 16.2 Å². The Labute approximate surface area is 166 Å². The third kappa shape index (κ3) is 4.24. The molecule has 2 aromatic heterocycles. The minimum atomic E-state index is -1.49. The van der Waals surface area contributed by atoms with Crippen LogP contribution < -0.4 is 15.4 Å². The lowest BCUT2D eigenvalue weighted by molar-refractivity contribution is -0.139. The molecular formula is C20H20N2O5S. The molecule has 1 unspecified atom stereocenters. The van der Waals surface area contributed by atoms with Gasteiger partial charge in [-0.2, -0.15) is 0 Å². The number of carbonyl (C=O) groups is 2. The van der Waals surface area contributed by atoms with E-state index in [1.807, 2.05) is 17.5 Å². The van der Waals surface area contributed by atoms with Gasteiger partial charge in [-0.15, -0.1) is 11.3 Å². The maximum atomic E-state index is 12.2. The number of hydrogen-bond donors (Lipinski definition) is 3. The van der Waals surface area contributed by atoms with Crippen molar-refractivity contribution < 1.29 is 23.8 Å². The summed E-state index contributed by atoms with van der Waals surface area (Å²) in [7, 11) is 1.54. The van der Waals surface area contributed by atoms with Gasteiger partial charge in [0, 0.05) is 22.5 Å². The maximum Gasteiger partial charge on any atom is 0.309 e. The van der Waals surface area contributed by atoms with E-state index in [2.05, 4.69) is 10.6 Å². The predicted molar refractivity (Wildman–Crippen MR) is 104 cm³/mol. The number of methoxy groups -OCH3 is 1. The van der Waals surface area contributed by atoms with Gasteiger partial charge < -0.3 is 24.9 Å². The Balaban J connectivity index is 1.62. The lowest BCUT2D eigenvalue weighted by Crippen LogP contribution is -2.46. The molecule has 0 fully saturated rings. The number of ether oxygens (including phenoxy) is 1. The summed E-state index contributed by atoms with van der Waals surface area (Å²) in [5, 5.41) is 18.0. The van der Waals surface area contributed by atoms with Crippen LogP contribution in [0.3, 0.4) is 0 Å². The van der Waals surface area contributed by atoms with Crippen LogP contribution in [0.1, 0.15) is 16.0 Å². The fraction of sp³-hybridized carbons (Fsp3) is 0.200. The van der Waals surface area contributed by atoms with Crippen LogP contribution in [-0.4, -0.2) is 30.6 Å². The Morgan fingerprint density at radius 2 is 1.93 bits per heavy atom. The van der Waals surface area contributed by atoms with Crippen molar-refractivity contribution in [3.8, 4) is 5.75 Å². The molecule has 8 heteroatoms. The van der Waals surface area contributed by atoms with Gasteiger partial charge in [0.05, 0.1) is 26.2 Å². The SMILES string of the molecule is COc1ccccc1CNC(=O)C(=O)NCC(O)(c1ccoc1)c1cccs1. The molecule has 0 radical (unpaired) electrons. The summed E-state index contributed by atoms with van der Waals surface area (Å²) in [5.74, 6) is -1.02. The fourth-order valence-electron chi connectivity index (χ4n) is 2.74.